The highest BCUT2D eigenvalue weighted by Crippen LogP contribution is 2.49. The second-order valence-electron chi connectivity index (χ2n) is 9.86. The van der Waals surface area contributed by atoms with Crippen molar-refractivity contribution in [1.29, 1.82) is 0 Å². The predicted molar refractivity (Wildman–Crippen MR) is 154 cm³/mol. The zero-order valence-electron chi connectivity index (χ0n) is 23.1. The molecule has 0 aromatic heterocycles. The molecule has 8 nitrogen and oxygen atoms in total. The van der Waals surface area contributed by atoms with Crippen molar-refractivity contribution in [2.24, 2.45) is 11.3 Å². The second-order valence-corrected chi connectivity index (χ2v) is 9.86. The highest BCUT2D eigenvalue weighted by molar-refractivity contribution is 5.98. The van der Waals surface area contributed by atoms with Crippen molar-refractivity contribution in [3.05, 3.63) is 110 Å². The maximum Gasteiger partial charge on any atom is 0.269 e. The number of nitro benzene ring substituents is 2. The Hall–Kier alpha value is -4.07. The van der Waals surface area contributed by atoms with Crippen molar-refractivity contribution in [2.45, 2.75) is 66.3 Å². The van der Waals surface area contributed by atoms with E-state index in [0.29, 0.717) is 13.0 Å². The molecule has 3 aromatic rings. The van der Waals surface area contributed by atoms with Crippen molar-refractivity contribution < 1.29 is 14.6 Å². The van der Waals surface area contributed by atoms with E-state index in [1.165, 1.54) is 24.3 Å². The molecule has 39 heavy (non-hydrogen) atoms. The second kappa shape index (κ2) is 13.1. The van der Waals surface area contributed by atoms with Crippen LogP contribution in [0.2, 0.25) is 0 Å². The van der Waals surface area contributed by atoms with Crippen LogP contribution in [0.3, 0.4) is 0 Å². The summed E-state index contributed by atoms with van der Waals surface area (Å²) in [5.74, 6) is 0.210. The molecule has 206 valence electrons. The molecule has 0 radical (unpaired) electrons. The van der Waals surface area contributed by atoms with Crippen LogP contribution in [-0.2, 0) is 17.8 Å². The Morgan fingerprint density at radius 3 is 1.95 bits per heavy atom. The summed E-state index contributed by atoms with van der Waals surface area (Å²) in [5.41, 5.74) is 2.88. The molecule has 1 amide bonds. The van der Waals surface area contributed by atoms with Crippen LogP contribution in [0.4, 0.5) is 17.1 Å². The van der Waals surface area contributed by atoms with Gasteiger partial charge in [-0.15, -0.1) is 0 Å². The number of carbonyl (C=O) groups is 1. The van der Waals surface area contributed by atoms with Crippen LogP contribution in [0.1, 0.15) is 63.1 Å². The Labute approximate surface area is 230 Å². The molecular weight excluding hydrogens is 494 g/mol. The minimum atomic E-state index is -0.645. The number of non-ortho nitro benzene ring substituents is 2. The number of nitro groups is 2. The van der Waals surface area contributed by atoms with Crippen molar-refractivity contribution in [2.75, 3.05) is 4.90 Å². The number of benzene rings is 3. The first kappa shape index (κ1) is 29.5. The van der Waals surface area contributed by atoms with Crippen LogP contribution >= 0.6 is 0 Å². The number of nitrogens with zero attached hydrogens (tertiary/aromatic N) is 3. The van der Waals surface area contributed by atoms with E-state index < -0.39 is 15.3 Å². The van der Waals surface area contributed by atoms with E-state index in [2.05, 4.69) is 6.92 Å². The Balaban J connectivity index is 0.00000205. The fraction of sp³-hybridized carbons (Fsp3) is 0.387. The first-order chi connectivity index (χ1) is 18.7. The lowest BCUT2D eigenvalue weighted by molar-refractivity contribution is -0.385. The van der Waals surface area contributed by atoms with Gasteiger partial charge < -0.3 is 4.90 Å². The lowest BCUT2D eigenvalue weighted by Gasteiger charge is -2.39. The van der Waals surface area contributed by atoms with Crippen molar-refractivity contribution in [3.8, 4) is 0 Å². The van der Waals surface area contributed by atoms with Crippen molar-refractivity contribution in [1.82, 2.24) is 0 Å². The zero-order valence-corrected chi connectivity index (χ0v) is 23.1. The first-order valence-electron chi connectivity index (χ1n) is 13.6. The predicted octanol–water partition coefficient (Wildman–Crippen LogP) is 7.81. The molecule has 0 aliphatic heterocycles. The van der Waals surface area contributed by atoms with Gasteiger partial charge >= 0.3 is 0 Å². The van der Waals surface area contributed by atoms with Gasteiger partial charge in [-0.25, -0.2) is 0 Å². The first-order valence-corrected chi connectivity index (χ1v) is 13.6. The monoisotopic (exact) mass is 531 g/mol. The number of aryl methyl sites for hydroxylation is 1. The molecule has 1 aliphatic rings. The average molecular weight is 532 g/mol. The molecule has 2 unspecified atom stereocenters. The van der Waals surface area contributed by atoms with Gasteiger partial charge in [0.15, 0.2) is 0 Å². The zero-order chi connectivity index (χ0) is 28.6. The van der Waals surface area contributed by atoms with Gasteiger partial charge in [0.05, 0.1) is 21.8 Å². The Morgan fingerprint density at radius 1 is 0.897 bits per heavy atom. The standard InChI is InChI=1S/C29H31N3O5.C2H6/c1-3-24-8-6-18-29(24,19-22-10-14-25(15-11-22)31(34)35)28(33)30(27-9-5-4-7-21(27)2)20-23-12-16-26(17-13-23)32(36)37;1-2/h4-5,7,9-17,24H,3,6,8,18-20H2,1-2H3;1-2H3. The number of hydrogen-bond acceptors (Lipinski definition) is 5. The third kappa shape index (κ3) is 6.50. The quantitative estimate of drug-likeness (QED) is 0.207. The maximum atomic E-state index is 14.7. The Bertz CT molecular complexity index is 1290. The van der Waals surface area contributed by atoms with Crippen LogP contribution < -0.4 is 4.90 Å². The smallest absolute Gasteiger partial charge is 0.269 e. The van der Waals surface area contributed by atoms with Gasteiger partial charge in [0.1, 0.15) is 0 Å². The highest BCUT2D eigenvalue weighted by Gasteiger charge is 2.50. The number of anilines is 1. The van der Waals surface area contributed by atoms with E-state index in [9.17, 15) is 25.0 Å². The number of para-hydroxylation sites is 1. The van der Waals surface area contributed by atoms with Gasteiger partial charge in [-0.1, -0.05) is 76.1 Å². The third-order valence-electron chi connectivity index (χ3n) is 7.68. The fourth-order valence-corrected chi connectivity index (χ4v) is 5.74. The molecule has 3 aromatic carbocycles. The van der Waals surface area contributed by atoms with E-state index in [-0.39, 0.29) is 23.2 Å². The molecule has 0 heterocycles. The summed E-state index contributed by atoms with van der Waals surface area (Å²) in [5, 5.41) is 22.3. The normalized spacial score (nSPS) is 18.1. The van der Waals surface area contributed by atoms with Crippen LogP contribution in [0.15, 0.2) is 72.8 Å². The van der Waals surface area contributed by atoms with E-state index >= 15 is 0 Å². The van der Waals surface area contributed by atoms with E-state index in [4.69, 9.17) is 0 Å². The summed E-state index contributed by atoms with van der Waals surface area (Å²) in [6.07, 6.45) is 4.00. The largest absolute Gasteiger partial charge is 0.307 e. The molecule has 0 spiro atoms. The third-order valence-corrected chi connectivity index (χ3v) is 7.68. The molecule has 4 rings (SSSR count). The molecular formula is C31H37N3O5. The summed E-state index contributed by atoms with van der Waals surface area (Å²) in [4.78, 5) is 37.9. The minimum Gasteiger partial charge on any atom is -0.307 e. The van der Waals surface area contributed by atoms with E-state index in [0.717, 1.165) is 48.1 Å². The number of hydrogen-bond donors (Lipinski definition) is 0. The number of amides is 1. The highest BCUT2D eigenvalue weighted by atomic mass is 16.6. The summed E-state index contributed by atoms with van der Waals surface area (Å²) in [7, 11) is 0. The van der Waals surface area contributed by atoms with Gasteiger partial charge in [-0.3, -0.25) is 25.0 Å². The summed E-state index contributed by atoms with van der Waals surface area (Å²) in [6, 6.07) is 20.6. The van der Waals surface area contributed by atoms with E-state index in [1.807, 2.05) is 49.9 Å². The lowest BCUT2D eigenvalue weighted by atomic mass is 9.70. The van der Waals surface area contributed by atoms with Gasteiger partial charge in [0.2, 0.25) is 5.91 Å². The van der Waals surface area contributed by atoms with Gasteiger partial charge in [-0.05, 0) is 54.9 Å². The molecule has 1 fully saturated rings. The van der Waals surface area contributed by atoms with Crippen LogP contribution in [0.25, 0.3) is 0 Å². The SMILES string of the molecule is CC.CCC1CCCC1(Cc1ccc([N+](=O)[O-])cc1)C(=O)N(Cc1ccc([N+](=O)[O-])cc1)c1ccccc1C. The molecule has 1 aliphatic carbocycles. The van der Waals surface area contributed by atoms with Crippen LogP contribution in [0, 0.1) is 38.5 Å². The molecule has 1 saturated carbocycles. The summed E-state index contributed by atoms with van der Waals surface area (Å²) in [6.45, 7) is 8.38. The van der Waals surface area contributed by atoms with Crippen molar-refractivity contribution in [3.63, 3.8) is 0 Å². The molecule has 0 N–H and O–H groups in total. The minimum absolute atomic E-state index is 0.00833. The Morgan fingerprint density at radius 2 is 1.44 bits per heavy atom. The molecule has 0 saturated heterocycles. The molecule has 0 bridgehead atoms. The molecule has 2 atom stereocenters. The summed E-state index contributed by atoms with van der Waals surface area (Å²) < 4.78 is 0. The number of carbonyl (C=O) groups excluding carboxylic acids is 1. The number of rotatable bonds is 9. The fourth-order valence-electron chi connectivity index (χ4n) is 5.74. The Kier molecular flexibility index (Phi) is 9.93. The van der Waals surface area contributed by atoms with E-state index in [1.54, 1.807) is 24.3 Å². The van der Waals surface area contributed by atoms with Crippen LogP contribution in [-0.4, -0.2) is 15.8 Å². The molecule has 8 heteroatoms. The lowest BCUT2D eigenvalue weighted by Crippen LogP contribution is -2.47. The van der Waals surface area contributed by atoms with Crippen molar-refractivity contribution >= 4 is 23.0 Å². The van der Waals surface area contributed by atoms with Gasteiger partial charge in [0, 0.05) is 30.0 Å². The topological polar surface area (TPSA) is 107 Å². The van der Waals surface area contributed by atoms with Gasteiger partial charge in [0.25, 0.3) is 11.4 Å². The summed E-state index contributed by atoms with van der Waals surface area (Å²) >= 11 is 0. The van der Waals surface area contributed by atoms with Gasteiger partial charge in [-0.2, -0.15) is 0 Å². The van der Waals surface area contributed by atoms with Crippen LogP contribution in [0.5, 0.6) is 0 Å². The average Bonchev–Trinajstić information content (AvgIpc) is 3.37. The maximum absolute atomic E-state index is 14.7.